The van der Waals surface area contributed by atoms with E-state index < -0.39 is 0 Å². The number of hydrogen-bond acceptors (Lipinski definition) is 2. The first-order valence-electron chi connectivity index (χ1n) is 3.85. The average Bonchev–Trinajstić information content (AvgIpc) is 2.04. The van der Waals surface area contributed by atoms with Crippen molar-refractivity contribution >= 4 is 5.97 Å². The first kappa shape index (κ1) is 19.2. The van der Waals surface area contributed by atoms with Crippen molar-refractivity contribution in [1.29, 1.82) is 0 Å². The molecule has 72 valence electrons. The van der Waals surface area contributed by atoms with E-state index in [0.29, 0.717) is 0 Å². The van der Waals surface area contributed by atoms with Crippen molar-refractivity contribution in [3.05, 3.63) is 19.1 Å². The smallest absolute Gasteiger partial charge is 1.00 e. The van der Waals surface area contributed by atoms with Gasteiger partial charge in [-0.05, 0) is 6.42 Å². The summed E-state index contributed by atoms with van der Waals surface area (Å²) in [5, 5.41) is 0. The fraction of sp³-hybridized carbons (Fsp3) is 0.556. The zero-order valence-electron chi connectivity index (χ0n) is 8.09. The molecule has 0 rings (SSSR count). The molecule has 0 heterocycles. The van der Waals surface area contributed by atoms with Crippen LogP contribution in [0.5, 0.6) is 0 Å². The number of esters is 1. The molecule has 0 N–H and O–H groups in total. The maximum atomic E-state index is 10.5. The summed E-state index contributed by atoms with van der Waals surface area (Å²) in [5.74, 6) is -0.278. The molecule has 0 aromatic carbocycles. The monoisotopic (exact) mass is 346 g/mol. The molecule has 0 bridgehead atoms. The Morgan fingerprint density at radius 2 is 2.08 bits per heavy atom. The minimum atomic E-state index is -0.278. The van der Waals surface area contributed by atoms with Crippen LogP contribution in [0.15, 0.2) is 12.2 Å². The Bertz CT molecular complexity index is 138. The van der Waals surface area contributed by atoms with Gasteiger partial charge >= 0.3 is 25.4 Å². The quantitative estimate of drug-likeness (QED) is 0.161. The molecule has 0 atom stereocenters. The number of halogens is 1. The summed E-state index contributed by atoms with van der Waals surface area (Å²) >= 11 is 0. The van der Waals surface area contributed by atoms with Gasteiger partial charge < -0.3 is 35.6 Å². The summed E-state index contributed by atoms with van der Waals surface area (Å²) in [6.45, 7) is 3.72. The predicted molar refractivity (Wildman–Crippen MR) is 45.0 cm³/mol. The molecule has 2 nitrogen and oxygen atoms in total. The molecule has 0 aliphatic heterocycles. The zero-order valence-corrected chi connectivity index (χ0v) is 13.2. The molecule has 4 heteroatoms. The van der Waals surface area contributed by atoms with E-state index in [1.54, 1.807) is 0 Å². The molecule has 0 aliphatic carbocycles. The molecular weight excluding hydrogens is 332 g/mol. The second-order valence-corrected chi connectivity index (χ2v) is 2.27. The minimum absolute atomic E-state index is 0. The maximum Gasteiger partial charge on any atom is 2.00 e. The normalized spacial score (nSPS) is 8.77. The van der Waals surface area contributed by atoms with E-state index in [4.69, 9.17) is 0 Å². The van der Waals surface area contributed by atoms with Crippen LogP contribution in [0, 0.1) is 6.92 Å². The summed E-state index contributed by atoms with van der Waals surface area (Å²) in [4.78, 5) is 10.5. The first-order valence-corrected chi connectivity index (χ1v) is 3.85. The van der Waals surface area contributed by atoms with E-state index in [1.807, 2.05) is 6.08 Å². The van der Waals surface area contributed by atoms with E-state index in [2.05, 4.69) is 11.7 Å². The van der Waals surface area contributed by atoms with Crippen molar-refractivity contribution in [1.82, 2.24) is 0 Å². The van der Waals surface area contributed by atoms with Gasteiger partial charge in [0.25, 0.3) is 0 Å². The Balaban J connectivity index is -0.000000500. The summed E-state index contributed by atoms with van der Waals surface area (Å²) in [6.07, 6.45) is 7.41. The third kappa shape index (κ3) is 15.3. The standard InChI is InChI=1S/C9H15O2.HI.Zn/c1-3-4-5-6-7-8-9(10)11-2;;/h7-8H,1,3-6H2,2H3;1H;/q-1;;+2/p-1. The van der Waals surface area contributed by atoms with Crippen LogP contribution in [0.1, 0.15) is 25.7 Å². The van der Waals surface area contributed by atoms with Gasteiger partial charge in [0.2, 0.25) is 0 Å². The number of methoxy groups -OCH3 is 1. The molecule has 0 spiro atoms. The molecular formula is C9H15IO2Zn. The summed E-state index contributed by atoms with van der Waals surface area (Å²) in [6, 6.07) is 0. The van der Waals surface area contributed by atoms with E-state index >= 15 is 0 Å². The Labute approximate surface area is 110 Å². The van der Waals surface area contributed by atoms with Gasteiger partial charge in [-0.25, -0.2) is 4.79 Å². The Morgan fingerprint density at radius 3 is 2.54 bits per heavy atom. The number of hydrogen-bond donors (Lipinski definition) is 0. The number of ether oxygens (including phenoxy) is 1. The molecule has 0 saturated carbocycles. The van der Waals surface area contributed by atoms with Crippen LogP contribution in [-0.2, 0) is 29.0 Å². The van der Waals surface area contributed by atoms with Crippen molar-refractivity contribution in [2.24, 2.45) is 0 Å². The van der Waals surface area contributed by atoms with E-state index in [1.165, 1.54) is 13.2 Å². The zero-order chi connectivity index (χ0) is 8.53. The van der Waals surface area contributed by atoms with Crippen molar-refractivity contribution in [3.8, 4) is 0 Å². The number of rotatable bonds is 5. The third-order valence-electron chi connectivity index (χ3n) is 1.33. The third-order valence-corrected chi connectivity index (χ3v) is 1.33. The van der Waals surface area contributed by atoms with Gasteiger partial charge in [-0.15, -0.1) is 0 Å². The van der Waals surface area contributed by atoms with Gasteiger partial charge in [-0.2, -0.15) is 6.42 Å². The summed E-state index contributed by atoms with van der Waals surface area (Å²) in [5.41, 5.74) is 0. The molecule has 0 fully saturated rings. The molecule has 0 aliphatic rings. The van der Waals surface area contributed by atoms with Gasteiger partial charge in [0.1, 0.15) is 0 Å². The van der Waals surface area contributed by atoms with Crippen LogP contribution in [-0.4, -0.2) is 13.1 Å². The van der Waals surface area contributed by atoms with Gasteiger partial charge in [-0.3, -0.25) is 0 Å². The second kappa shape index (κ2) is 15.1. The molecule has 0 saturated heterocycles. The van der Waals surface area contributed by atoms with Crippen LogP contribution >= 0.6 is 0 Å². The van der Waals surface area contributed by atoms with E-state index in [0.717, 1.165) is 25.7 Å². The van der Waals surface area contributed by atoms with Gasteiger partial charge in [0.05, 0.1) is 7.11 Å². The van der Waals surface area contributed by atoms with Crippen molar-refractivity contribution < 1.29 is 53.0 Å². The number of unbranched alkanes of at least 4 members (excludes halogenated alkanes) is 3. The Kier molecular flexibility index (Phi) is 22.2. The van der Waals surface area contributed by atoms with Crippen LogP contribution in [0.2, 0.25) is 0 Å². The summed E-state index contributed by atoms with van der Waals surface area (Å²) in [7, 11) is 1.38. The topological polar surface area (TPSA) is 26.3 Å². The van der Waals surface area contributed by atoms with E-state index in [9.17, 15) is 4.79 Å². The molecule has 13 heavy (non-hydrogen) atoms. The van der Waals surface area contributed by atoms with Crippen molar-refractivity contribution in [3.63, 3.8) is 0 Å². The molecule has 0 unspecified atom stereocenters. The molecule has 0 amide bonds. The van der Waals surface area contributed by atoms with Crippen LogP contribution in [0.4, 0.5) is 0 Å². The largest absolute Gasteiger partial charge is 2.00 e. The number of allylic oxidation sites excluding steroid dienone is 1. The Hall–Kier alpha value is 0.563. The summed E-state index contributed by atoms with van der Waals surface area (Å²) < 4.78 is 4.42. The fourth-order valence-electron chi connectivity index (χ4n) is 0.687. The van der Waals surface area contributed by atoms with Crippen LogP contribution in [0.3, 0.4) is 0 Å². The average molecular weight is 348 g/mol. The minimum Gasteiger partial charge on any atom is -1.00 e. The molecule has 0 radical (unpaired) electrons. The SMILES string of the molecule is [CH2-]CCCCC=CC(=O)OC.[I-].[Zn+2]. The van der Waals surface area contributed by atoms with Gasteiger partial charge in [-0.1, -0.05) is 18.9 Å². The van der Waals surface area contributed by atoms with E-state index in [-0.39, 0.29) is 49.4 Å². The first-order chi connectivity index (χ1) is 5.31. The molecule has 0 aromatic heterocycles. The van der Waals surface area contributed by atoms with Crippen LogP contribution < -0.4 is 24.0 Å². The van der Waals surface area contributed by atoms with Gasteiger partial charge in [0.15, 0.2) is 0 Å². The van der Waals surface area contributed by atoms with Crippen molar-refractivity contribution in [2.75, 3.05) is 7.11 Å². The number of carbonyl (C=O) groups is 1. The second-order valence-electron chi connectivity index (χ2n) is 2.27. The number of carbonyl (C=O) groups excluding carboxylic acids is 1. The predicted octanol–water partition coefficient (Wildman–Crippen LogP) is -0.888. The fourth-order valence-corrected chi connectivity index (χ4v) is 0.687. The van der Waals surface area contributed by atoms with Gasteiger partial charge in [0, 0.05) is 6.08 Å². The van der Waals surface area contributed by atoms with Crippen molar-refractivity contribution in [2.45, 2.75) is 25.7 Å². The maximum absolute atomic E-state index is 10.5. The Morgan fingerprint density at radius 1 is 1.46 bits per heavy atom. The molecule has 0 aromatic rings. The van der Waals surface area contributed by atoms with Crippen LogP contribution in [0.25, 0.3) is 0 Å².